The van der Waals surface area contributed by atoms with Gasteiger partial charge in [-0.15, -0.1) is 0 Å². The second kappa shape index (κ2) is 14.9. The number of nitrogens with one attached hydrogen (secondary N) is 1. The van der Waals surface area contributed by atoms with Crippen molar-refractivity contribution >= 4 is 29.3 Å². The van der Waals surface area contributed by atoms with Gasteiger partial charge in [-0.3, -0.25) is 19.4 Å². The Balaban J connectivity index is 2.23. The lowest BCUT2D eigenvalue weighted by molar-refractivity contribution is -0.171. The van der Waals surface area contributed by atoms with Gasteiger partial charge in [0.1, 0.15) is 35.8 Å². The zero-order valence-electron chi connectivity index (χ0n) is 28.2. The third-order valence-electron chi connectivity index (χ3n) is 7.06. The Hall–Kier alpha value is -3.87. The molecule has 9 nitrogen and oxygen atoms in total. The predicted molar refractivity (Wildman–Crippen MR) is 170 cm³/mol. The lowest BCUT2D eigenvalue weighted by Crippen LogP contribution is -2.47. The molecule has 0 aliphatic carbocycles. The third-order valence-corrected chi connectivity index (χ3v) is 7.06. The predicted octanol–water partition coefficient (Wildman–Crippen LogP) is 7.09. The number of hydrogen-bond donors (Lipinski definition) is 1. The van der Waals surface area contributed by atoms with Crippen LogP contribution in [0.5, 0.6) is 5.75 Å². The Morgan fingerprint density at radius 2 is 1.64 bits per heavy atom. The molecule has 2 aromatic carbocycles. The van der Waals surface area contributed by atoms with E-state index < -0.39 is 65.2 Å². The van der Waals surface area contributed by atoms with Crippen LogP contribution in [0.4, 0.5) is 33.7 Å². The number of esters is 1. The number of anilines is 2. The fraction of sp³-hybridized carbons (Fsp3) is 0.559. The van der Waals surface area contributed by atoms with E-state index in [4.69, 9.17) is 14.2 Å². The monoisotopic (exact) mass is 667 g/mol. The number of hydrogen-bond acceptors (Lipinski definition) is 7. The van der Waals surface area contributed by atoms with Gasteiger partial charge in [-0.2, -0.15) is 13.2 Å². The molecule has 3 rings (SSSR count). The maximum Gasteiger partial charge on any atom is 0.471 e. The summed E-state index contributed by atoms with van der Waals surface area (Å²) < 4.78 is 75.6. The average molecular weight is 668 g/mol. The van der Waals surface area contributed by atoms with Crippen molar-refractivity contribution in [2.75, 3.05) is 22.9 Å². The van der Waals surface area contributed by atoms with E-state index in [1.165, 1.54) is 31.7 Å². The number of alkyl halides is 3. The van der Waals surface area contributed by atoms with Crippen LogP contribution in [0.1, 0.15) is 79.4 Å². The highest BCUT2D eigenvalue weighted by atomic mass is 19.4. The maximum absolute atomic E-state index is 16.8. The Kier molecular flexibility index (Phi) is 11.9. The molecule has 1 aliphatic rings. The third kappa shape index (κ3) is 10.3. The molecular formula is C34H45F4N3O6. The van der Waals surface area contributed by atoms with Gasteiger partial charge in [0.2, 0.25) is 0 Å². The molecule has 47 heavy (non-hydrogen) atoms. The van der Waals surface area contributed by atoms with E-state index >= 15 is 4.39 Å². The van der Waals surface area contributed by atoms with Crippen molar-refractivity contribution < 1.29 is 46.2 Å². The summed E-state index contributed by atoms with van der Waals surface area (Å²) in [7, 11) is 0. The van der Waals surface area contributed by atoms with Crippen molar-refractivity contribution in [3.63, 3.8) is 0 Å². The lowest BCUT2D eigenvalue weighted by Gasteiger charge is -2.31. The molecule has 0 fully saturated rings. The van der Waals surface area contributed by atoms with Crippen molar-refractivity contribution in [3.05, 3.63) is 53.3 Å². The summed E-state index contributed by atoms with van der Waals surface area (Å²) in [6.07, 6.45) is -4.64. The first kappa shape index (κ1) is 37.6. The van der Waals surface area contributed by atoms with Crippen LogP contribution in [0, 0.1) is 5.82 Å². The van der Waals surface area contributed by atoms with Gasteiger partial charge in [-0.25, -0.2) is 9.18 Å². The van der Waals surface area contributed by atoms with Gasteiger partial charge >= 0.3 is 24.1 Å². The van der Waals surface area contributed by atoms with Crippen molar-refractivity contribution in [1.82, 2.24) is 5.32 Å². The van der Waals surface area contributed by atoms with Crippen molar-refractivity contribution in [2.45, 2.75) is 111 Å². The zero-order chi connectivity index (χ0) is 35.3. The molecule has 0 saturated heterocycles. The molecule has 260 valence electrons. The number of amides is 2. The number of carbonyl (C=O) groups excluding carboxylic acids is 3. The van der Waals surface area contributed by atoms with Crippen LogP contribution >= 0.6 is 0 Å². The van der Waals surface area contributed by atoms with E-state index in [-0.39, 0.29) is 41.8 Å². The van der Waals surface area contributed by atoms with Gasteiger partial charge in [-0.1, -0.05) is 43.7 Å². The fourth-order valence-electron chi connectivity index (χ4n) is 5.18. The van der Waals surface area contributed by atoms with E-state index in [2.05, 4.69) is 5.32 Å². The number of fused-ring (bicyclic) bond motifs is 1. The minimum absolute atomic E-state index is 0.00325. The fourth-order valence-corrected chi connectivity index (χ4v) is 5.18. The average Bonchev–Trinajstić information content (AvgIpc) is 3.31. The molecule has 13 heteroatoms. The molecule has 1 unspecified atom stereocenters. The summed E-state index contributed by atoms with van der Waals surface area (Å²) >= 11 is 0. The van der Waals surface area contributed by atoms with Gasteiger partial charge in [0.05, 0.1) is 11.7 Å². The van der Waals surface area contributed by atoms with Crippen molar-refractivity contribution in [1.29, 1.82) is 0 Å². The molecule has 0 spiro atoms. The van der Waals surface area contributed by atoms with E-state index in [1.807, 2.05) is 13.8 Å². The smallest absolute Gasteiger partial charge is 0.471 e. The molecule has 2 aromatic rings. The van der Waals surface area contributed by atoms with Gasteiger partial charge in [0.15, 0.2) is 5.82 Å². The summed E-state index contributed by atoms with van der Waals surface area (Å²) in [5.41, 5.74) is -2.41. The minimum atomic E-state index is -5.48. The Morgan fingerprint density at radius 1 is 1.02 bits per heavy atom. The summed E-state index contributed by atoms with van der Waals surface area (Å²) in [5.74, 6) is -5.39. The number of benzene rings is 2. The molecule has 0 radical (unpaired) electrons. The molecule has 2 amide bonds. The highest BCUT2D eigenvalue weighted by molar-refractivity contribution is 6.03. The normalized spacial score (nSPS) is 15.6. The van der Waals surface area contributed by atoms with E-state index in [9.17, 15) is 27.6 Å². The van der Waals surface area contributed by atoms with Crippen molar-refractivity contribution in [3.8, 4) is 5.75 Å². The molecule has 1 N–H and O–H groups in total. The second-order valence-electron chi connectivity index (χ2n) is 13.6. The lowest BCUT2D eigenvalue weighted by atomic mass is 10.1. The first-order chi connectivity index (χ1) is 21.7. The SMILES string of the molecule is CCCC(C)NC[C@H]1Cc2c(cc(OCc3ccccc3)c(N(CC(=O)OC(C)(C)C)C(=O)C(F)(F)F)c2F)N1C(=O)OC(C)(C)C. The Bertz CT molecular complexity index is 1420. The van der Waals surface area contributed by atoms with E-state index in [0.29, 0.717) is 5.56 Å². The first-order valence-electron chi connectivity index (χ1n) is 15.6. The van der Waals surface area contributed by atoms with E-state index in [0.717, 1.165) is 12.8 Å². The largest absolute Gasteiger partial charge is 0.487 e. The van der Waals surface area contributed by atoms with Crippen LogP contribution in [0.3, 0.4) is 0 Å². The number of nitrogens with zero attached hydrogens (tertiary/aromatic N) is 2. The summed E-state index contributed by atoms with van der Waals surface area (Å²) in [6.45, 7) is 12.3. The molecule has 1 aliphatic heterocycles. The van der Waals surface area contributed by atoms with Crippen LogP contribution in [-0.4, -0.2) is 60.5 Å². The number of carbonyl (C=O) groups is 3. The summed E-state index contributed by atoms with van der Waals surface area (Å²) in [5, 5.41) is 3.33. The minimum Gasteiger partial charge on any atom is -0.487 e. The van der Waals surface area contributed by atoms with Crippen LogP contribution in [-0.2, 0) is 32.1 Å². The second-order valence-corrected chi connectivity index (χ2v) is 13.6. The quantitative estimate of drug-likeness (QED) is 0.202. The number of halogens is 4. The molecular weight excluding hydrogens is 622 g/mol. The number of ether oxygens (including phenoxy) is 3. The Morgan fingerprint density at radius 3 is 2.19 bits per heavy atom. The highest BCUT2D eigenvalue weighted by Crippen LogP contribution is 2.45. The van der Waals surface area contributed by atoms with Gasteiger partial charge in [0.25, 0.3) is 0 Å². The summed E-state index contributed by atoms with van der Waals surface area (Å²) in [6, 6.07) is 9.15. The standard InChI is InChI=1S/C34H45F4N3O6/c1-9-13-21(2)39-18-23-16-24-25(41(23)31(44)47-33(6,7)8)17-26(45-20-22-14-11-10-12-15-22)29(28(24)35)40(30(43)34(36,37)38)19-27(42)46-32(3,4)5/h10-12,14-15,17,21,23,39H,9,13,16,18-20H2,1-8H3/t21?,23-/m1/s1. The molecule has 0 aromatic heterocycles. The maximum atomic E-state index is 16.8. The van der Waals surface area contributed by atoms with Crippen LogP contribution in [0.15, 0.2) is 36.4 Å². The topological polar surface area (TPSA) is 97.4 Å². The molecule has 0 saturated carbocycles. The number of rotatable bonds is 11. The van der Waals surface area contributed by atoms with Crippen LogP contribution in [0.2, 0.25) is 0 Å². The zero-order valence-corrected chi connectivity index (χ0v) is 28.2. The van der Waals surface area contributed by atoms with Crippen molar-refractivity contribution in [2.24, 2.45) is 0 Å². The van der Waals surface area contributed by atoms with Crippen LogP contribution < -0.4 is 19.9 Å². The Labute approximate surface area is 273 Å². The van der Waals surface area contributed by atoms with Gasteiger partial charge in [0, 0.05) is 24.2 Å². The molecule has 1 heterocycles. The van der Waals surface area contributed by atoms with E-state index in [1.54, 1.807) is 51.1 Å². The first-order valence-corrected chi connectivity index (χ1v) is 15.6. The highest BCUT2D eigenvalue weighted by Gasteiger charge is 2.47. The van der Waals surface area contributed by atoms with Gasteiger partial charge < -0.3 is 19.5 Å². The summed E-state index contributed by atoms with van der Waals surface area (Å²) in [4.78, 5) is 40.5. The van der Waals surface area contributed by atoms with Gasteiger partial charge in [-0.05, 0) is 66.9 Å². The molecule has 2 atom stereocenters. The molecule has 0 bridgehead atoms. The van der Waals surface area contributed by atoms with Crippen LogP contribution in [0.25, 0.3) is 0 Å².